The first kappa shape index (κ1) is 21.3. The van der Waals surface area contributed by atoms with Gasteiger partial charge >= 0.3 is 0 Å². The molecular formula is C21H25ClN2O2S. The number of halogens is 1. The van der Waals surface area contributed by atoms with Crippen LogP contribution in [0.1, 0.15) is 32.8 Å². The van der Waals surface area contributed by atoms with Gasteiger partial charge < -0.3 is 10.6 Å². The number of carbonyl (C=O) groups excluding carboxylic acids is 2. The topological polar surface area (TPSA) is 58.2 Å². The number of hydrogen-bond donors (Lipinski definition) is 2. The molecule has 0 fully saturated rings. The summed E-state index contributed by atoms with van der Waals surface area (Å²) in [7, 11) is 0. The maximum Gasteiger partial charge on any atom is 0.234 e. The Labute approximate surface area is 170 Å². The largest absolute Gasteiger partial charge is 0.326 e. The summed E-state index contributed by atoms with van der Waals surface area (Å²) in [5, 5.41) is 6.36. The summed E-state index contributed by atoms with van der Waals surface area (Å²) < 4.78 is 0. The van der Waals surface area contributed by atoms with Gasteiger partial charge in [0.15, 0.2) is 0 Å². The predicted molar refractivity (Wildman–Crippen MR) is 115 cm³/mol. The molecule has 0 aliphatic heterocycles. The van der Waals surface area contributed by atoms with Crippen LogP contribution < -0.4 is 10.6 Å². The first-order valence-corrected chi connectivity index (χ1v) is 10.1. The second kappa shape index (κ2) is 9.29. The van der Waals surface area contributed by atoms with E-state index in [0.29, 0.717) is 17.2 Å². The Morgan fingerprint density at radius 3 is 2.30 bits per heavy atom. The molecule has 0 spiro atoms. The van der Waals surface area contributed by atoms with E-state index in [9.17, 15) is 9.59 Å². The summed E-state index contributed by atoms with van der Waals surface area (Å²) in [6.45, 7) is 8.01. The van der Waals surface area contributed by atoms with Crippen molar-refractivity contribution in [3.05, 3.63) is 53.1 Å². The Morgan fingerprint density at radius 2 is 1.67 bits per heavy atom. The van der Waals surface area contributed by atoms with Crippen molar-refractivity contribution in [2.75, 3.05) is 16.4 Å². The summed E-state index contributed by atoms with van der Waals surface area (Å²) in [5.41, 5.74) is 2.40. The molecule has 0 saturated heterocycles. The maximum atomic E-state index is 12.2. The van der Waals surface area contributed by atoms with Crippen molar-refractivity contribution >= 4 is 46.6 Å². The van der Waals surface area contributed by atoms with Gasteiger partial charge in [0.25, 0.3) is 0 Å². The van der Waals surface area contributed by atoms with E-state index < -0.39 is 0 Å². The Bertz CT molecular complexity index is 814. The number of nitrogens with one attached hydrogen (secondary N) is 2. The highest BCUT2D eigenvalue weighted by molar-refractivity contribution is 8.00. The van der Waals surface area contributed by atoms with Crippen molar-refractivity contribution in [3.8, 4) is 0 Å². The zero-order valence-electron chi connectivity index (χ0n) is 16.1. The number of anilines is 2. The summed E-state index contributed by atoms with van der Waals surface area (Å²) in [5.74, 6) is 0.203. The van der Waals surface area contributed by atoms with Crippen molar-refractivity contribution in [3.63, 3.8) is 0 Å². The van der Waals surface area contributed by atoms with Crippen LogP contribution in [-0.4, -0.2) is 17.6 Å². The maximum absolute atomic E-state index is 12.2. The van der Waals surface area contributed by atoms with E-state index in [-0.39, 0.29) is 17.2 Å². The van der Waals surface area contributed by atoms with E-state index in [0.717, 1.165) is 21.8 Å². The highest BCUT2D eigenvalue weighted by Crippen LogP contribution is 2.24. The Balaban J connectivity index is 1.85. The second-order valence-electron chi connectivity index (χ2n) is 7.61. The number of rotatable bonds is 6. The van der Waals surface area contributed by atoms with Crippen molar-refractivity contribution in [1.82, 2.24) is 0 Å². The van der Waals surface area contributed by atoms with Crippen LogP contribution in [0.4, 0.5) is 11.4 Å². The molecule has 144 valence electrons. The molecule has 27 heavy (non-hydrogen) atoms. The van der Waals surface area contributed by atoms with Gasteiger partial charge in [-0.15, -0.1) is 11.8 Å². The first-order chi connectivity index (χ1) is 12.6. The molecule has 0 aliphatic rings. The third kappa shape index (κ3) is 7.65. The molecular weight excluding hydrogens is 380 g/mol. The Hall–Kier alpha value is -1.98. The van der Waals surface area contributed by atoms with Crippen molar-refractivity contribution < 1.29 is 9.59 Å². The second-order valence-corrected chi connectivity index (χ2v) is 9.09. The SMILES string of the molecule is Cc1ccc(Cl)cc1NC(=O)CSc1ccc(NC(=O)CC(C)(C)C)cc1. The third-order valence-corrected chi connectivity index (χ3v) is 4.92. The molecule has 2 rings (SSSR count). The van der Waals surface area contributed by atoms with E-state index in [1.165, 1.54) is 11.8 Å². The van der Waals surface area contributed by atoms with Gasteiger partial charge in [-0.3, -0.25) is 9.59 Å². The fourth-order valence-electron chi connectivity index (χ4n) is 2.39. The number of carbonyl (C=O) groups is 2. The quantitative estimate of drug-likeness (QED) is 0.602. The van der Waals surface area contributed by atoms with E-state index in [1.807, 2.05) is 58.0 Å². The molecule has 2 N–H and O–H groups in total. The standard InChI is InChI=1S/C21H25ClN2O2S/c1-14-5-6-15(22)11-18(14)24-20(26)13-27-17-9-7-16(8-10-17)23-19(25)12-21(2,3)4/h5-11H,12-13H2,1-4H3,(H,23,25)(H,24,26). The van der Waals surface area contributed by atoms with Gasteiger partial charge in [0, 0.05) is 27.7 Å². The Kier molecular flexibility index (Phi) is 7.33. The molecule has 0 heterocycles. The normalized spacial score (nSPS) is 11.1. The van der Waals surface area contributed by atoms with Gasteiger partial charge in [0.1, 0.15) is 0 Å². The van der Waals surface area contributed by atoms with Crippen LogP contribution >= 0.6 is 23.4 Å². The summed E-state index contributed by atoms with van der Waals surface area (Å²) in [4.78, 5) is 25.1. The number of aryl methyl sites for hydroxylation is 1. The molecule has 0 saturated carbocycles. The lowest BCUT2D eigenvalue weighted by Crippen LogP contribution is -2.19. The molecule has 2 amide bonds. The van der Waals surface area contributed by atoms with Crippen LogP contribution in [0.25, 0.3) is 0 Å². The first-order valence-electron chi connectivity index (χ1n) is 8.71. The summed E-state index contributed by atoms with van der Waals surface area (Å²) in [6.07, 6.45) is 0.465. The average Bonchev–Trinajstić information content (AvgIpc) is 2.56. The van der Waals surface area contributed by atoms with Crippen molar-refractivity contribution in [2.45, 2.75) is 39.0 Å². The van der Waals surface area contributed by atoms with E-state index in [2.05, 4.69) is 10.6 Å². The Morgan fingerprint density at radius 1 is 1.00 bits per heavy atom. The number of thioether (sulfide) groups is 1. The van der Waals surface area contributed by atoms with Gasteiger partial charge in [-0.2, -0.15) is 0 Å². The minimum absolute atomic E-state index is 0.000766. The van der Waals surface area contributed by atoms with Crippen molar-refractivity contribution in [1.29, 1.82) is 0 Å². The molecule has 0 radical (unpaired) electrons. The number of benzene rings is 2. The molecule has 2 aromatic rings. The monoisotopic (exact) mass is 404 g/mol. The molecule has 0 unspecified atom stereocenters. The van der Waals surface area contributed by atoms with Crippen LogP contribution in [0.15, 0.2) is 47.4 Å². The van der Waals surface area contributed by atoms with Crippen LogP contribution in [0.2, 0.25) is 5.02 Å². The van der Waals surface area contributed by atoms with E-state index in [4.69, 9.17) is 11.6 Å². The fraction of sp³-hybridized carbons (Fsp3) is 0.333. The third-order valence-electron chi connectivity index (χ3n) is 3.67. The van der Waals surface area contributed by atoms with Crippen LogP contribution in [0.3, 0.4) is 0 Å². The van der Waals surface area contributed by atoms with E-state index >= 15 is 0 Å². The number of hydrogen-bond acceptors (Lipinski definition) is 3. The van der Waals surface area contributed by atoms with Crippen LogP contribution in [0, 0.1) is 12.3 Å². The summed E-state index contributed by atoms with van der Waals surface area (Å²) in [6, 6.07) is 12.9. The fourth-order valence-corrected chi connectivity index (χ4v) is 3.26. The van der Waals surface area contributed by atoms with Crippen molar-refractivity contribution in [2.24, 2.45) is 5.41 Å². The zero-order chi connectivity index (χ0) is 20.0. The number of amides is 2. The molecule has 2 aromatic carbocycles. The van der Waals surface area contributed by atoms with Crippen LogP contribution in [0.5, 0.6) is 0 Å². The predicted octanol–water partition coefficient (Wildman–Crippen LogP) is 5.75. The smallest absolute Gasteiger partial charge is 0.234 e. The minimum Gasteiger partial charge on any atom is -0.326 e. The van der Waals surface area contributed by atoms with Gasteiger partial charge in [-0.05, 0) is 54.3 Å². The highest BCUT2D eigenvalue weighted by Gasteiger charge is 2.15. The van der Waals surface area contributed by atoms with Gasteiger partial charge in [0.05, 0.1) is 5.75 Å². The lowest BCUT2D eigenvalue weighted by molar-refractivity contribution is -0.118. The average molecular weight is 405 g/mol. The molecule has 6 heteroatoms. The van der Waals surface area contributed by atoms with E-state index in [1.54, 1.807) is 12.1 Å². The lowest BCUT2D eigenvalue weighted by Gasteiger charge is -2.17. The highest BCUT2D eigenvalue weighted by atomic mass is 35.5. The molecule has 0 aromatic heterocycles. The lowest BCUT2D eigenvalue weighted by atomic mass is 9.92. The van der Waals surface area contributed by atoms with Gasteiger partial charge in [-0.1, -0.05) is 38.4 Å². The molecule has 4 nitrogen and oxygen atoms in total. The zero-order valence-corrected chi connectivity index (χ0v) is 17.6. The van der Waals surface area contributed by atoms with Gasteiger partial charge in [0.2, 0.25) is 11.8 Å². The minimum atomic E-state index is -0.0899. The molecule has 0 atom stereocenters. The summed E-state index contributed by atoms with van der Waals surface area (Å²) >= 11 is 7.41. The van der Waals surface area contributed by atoms with Gasteiger partial charge in [-0.25, -0.2) is 0 Å². The van der Waals surface area contributed by atoms with Crippen LogP contribution in [-0.2, 0) is 9.59 Å². The molecule has 0 bridgehead atoms. The molecule has 0 aliphatic carbocycles.